The van der Waals surface area contributed by atoms with Crippen LogP contribution in [0.15, 0.2) is 12.4 Å². The number of hydrogen-bond donors (Lipinski definition) is 1. The van der Waals surface area contributed by atoms with Crippen molar-refractivity contribution in [2.24, 2.45) is 0 Å². The van der Waals surface area contributed by atoms with E-state index in [1.807, 2.05) is 5.32 Å². The summed E-state index contributed by atoms with van der Waals surface area (Å²) in [5.74, 6) is -0.280. The molecular weight excluding hydrogens is 221 g/mol. The fourth-order valence-electron chi connectivity index (χ4n) is 0.779. The average molecular weight is 227 g/mol. The fourth-order valence-corrected chi connectivity index (χ4v) is 0.779. The van der Waals surface area contributed by atoms with E-state index in [1.54, 1.807) is 0 Å². The Morgan fingerprint density at radius 1 is 1.27 bits per heavy atom. The van der Waals surface area contributed by atoms with Gasteiger partial charge in [0.25, 0.3) is 6.43 Å². The summed E-state index contributed by atoms with van der Waals surface area (Å²) in [4.78, 5) is 6.57. The molecule has 0 aromatic carbocycles. The molecule has 15 heavy (non-hydrogen) atoms. The maximum atomic E-state index is 12.1. The van der Waals surface area contributed by atoms with Gasteiger partial charge in [0.15, 0.2) is 0 Å². The summed E-state index contributed by atoms with van der Waals surface area (Å²) in [5.41, 5.74) is -0.616. The van der Waals surface area contributed by atoms with Crippen LogP contribution in [-0.2, 0) is 0 Å². The Hall–Kier alpha value is -1.47. The Kier molecular flexibility index (Phi) is 3.38. The van der Waals surface area contributed by atoms with Crippen LogP contribution in [-0.4, -0.2) is 22.7 Å². The number of halogens is 5. The van der Waals surface area contributed by atoms with Gasteiger partial charge in [-0.05, 0) is 0 Å². The molecule has 1 N–H and O–H groups in total. The minimum atomic E-state index is -4.42. The van der Waals surface area contributed by atoms with E-state index < -0.39 is 24.8 Å². The monoisotopic (exact) mass is 227 g/mol. The standard InChI is InChI=1S/C7H6F5N3/c8-6(9)4-1-5(15-3-14-4)13-2-7(10,11)12/h1,3,6H,2H2,(H,13,14,15). The van der Waals surface area contributed by atoms with Crippen LogP contribution in [0, 0.1) is 0 Å². The second-order valence-corrected chi connectivity index (χ2v) is 2.60. The molecule has 0 aliphatic carbocycles. The third-order valence-corrected chi connectivity index (χ3v) is 1.38. The predicted octanol–water partition coefficient (Wildman–Crippen LogP) is 2.39. The lowest BCUT2D eigenvalue weighted by atomic mass is 10.4. The van der Waals surface area contributed by atoms with Gasteiger partial charge in [-0.15, -0.1) is 0 Å². The molecule has 0 aliphatic heterocycles. The summed E-state index contributed by atoms with van der Waals surface area (Å²) in [6.45, 7) is -1.33. The minimum Gasteiger partial charge on any atom is -0.361 e. The first-order valence-electron chi connectivity index (χ1n) is 3.79. The van der Waals surface area contributed by atoms with Crippen LogP contribution in [0.1, 0.15) is 12.1 Å². The second-order valence-electron chi connectivity index (χ2n) is 2.60. The van der Waals surface area contributed by atoms with E-state index in [-0.39, 0.29) is 5.82 Å². The van der Waals surface area contributed by atoms with Gasteiger partial charge in [-0.1, -0.05) is 0 Å². The van der Waals surface area contributed by atoms with Crippen LogP contribution in [0.5, 0.6) is 0 Å². The molecule has 1 heterocycles. The van der Waals surface area contributed by atoms with Crippen LogP contribution in [0.25, 0.3) is 0 Å². The van der Waals surface area contributed by atoms with Crippen molar-refractivity contribution in [1.82, 2.24) is 9.97 Å². The highest BCUT2D eigenvalue weighted by atomic mass is 19.4. The van der Waals surface area contributed by atoms with Crippen molar-refractivity contribution in [3.8, 4) is 0 Å². The molecule has 0 unspecified atom stereocenters. The van der Waals surface area contributed by atoms with Crippen molar-refractivity contribution in [2.45, 2.75) is 12.6 Å². The van der Waals surface area contributed by atoms with Crippen molar-refractivity contribution in [3.63, 3.8) is 0 Å². The molecule has 0 bridgehead atoms. The zero-order chi connectivity index (χ0) is 11.5. The number of anilines is 1. The van der Waals surface area contributed by atoms with E-state index in [9.17, 15) is 22.0 Å². The van der Waals surface area contributed by atoms with Crippen LogP contribution in [0.3, 0.4) is 0 Å². The summed E-state index contributed by atoms with van der Waals surface area (Å²) in [6, 6.07) is 0.774. The van der Waals surface area contributed by atoms with Gasteiger partial charge in [0.2, 0.25) is 0 Å². The SMILES string of the molecule is FC(F)c1cc(NCC(F)(F)F)ncn1. The highest BCUT2D eigenvalue weighted by Gasteiger charge is 2.26. The first kappa shape index (κ1) is 11.6. The number of nitrogens with zero attached hydrogens (tertiary/aromatic N) is 2. The topological polar surface area (TPSA) is 37.8 Å². The quantitative estimate of drug-likeness (QED) is 0.805. The molecule has 0 saturated carbocycles. The van der Waals surface area contributed by atoms with Gasteiger partial charge < -0.3 is 5.32 Å². The molecule has 0 saturated heterocycles. The molecule has 84 valence electrons. The molecule has 3 nitrogen and oxygen atoms in total. The molecule has 1 aromatic heterocycles. The average Bonchev–Trinajstić information content (AvgIpc) is 2.14. The molecule has 0 spiro atoms. The molecule has 1 aromatic rings. The molecule has 0 radical (unpaired) electrons. The minimum absolute atomic E-state index is 0.280. The summed E-state index contributed by atoms with van der Waals surface area (Å²) < 4.78 is 59.4. The Labute approximate surface area is 81.3 Å². The number of alkyl halides is 5. The highest BCUT2D eigenvalue weighted by Crippen LogP contribution is 2.19. The van der Waals surface area contributed by atoms with Gasteiger partial charge in [-0.25, -0.2) is 18.7 Å². The first-order valence-corrected chi connectivity index (χ1v) is 3.79. The normalized spacial score (nSPS) is 11.9. The van der Waals surface area contributed by atoms with Crippen molar-refractivity contribution in [2.75, 3.05) is 11.9 Å². The Bertz CT molecular complexity index is 325. The van der Waals surface area contributed by atoms with Crippen LogP contribution < -0.4 is 5.32 Å². The summed E-state index contributed by atoms with van der Waals surface area (Å²) in [5, 5.41) is 1.87. The van der Waals surface area contributed by atoms with Crippen molar-refractivity contribution < 1.29 is 22.0 Å². The van der Waals surface area contributed by atoms with E-state index >= 15 is 0 Å². The molecule has 8 heteroatoms. The number of hydrogen-bond acceptors (Lipinski definition) is 3. The fraction of sp³-hybridized carbons (Fsp3) is 0.429. The van der Waals surface area contributed by atoms with Gasteiger partial charge in [-0.3, -0.25) is 0 Å². The first-order chi connectivity index (χ1) is 6.88. The number of aromatic nitrogens is 2. The zero-order valence-corrected chi connectivity index (χ0v) is 7.22. The number of nitrogens with one attached hydrogen (secondary N) is 1. The third kappa shape index (κ3) is 4.05. The van der Waals surface area contributed by atoms with E-state index in [0.717, 1.165) is 12.4 Å². The van der Waals surface area contributed by atoms with Gasteiger partial charge in [-0.2, -0.15) is 13.2 Å². The van der Waals surface area contributed by atoms with E-state index in [2.05, 4.69) is 9.97 Å². The molecule has 0 amide bonds. The van der Waals surface area contributed by atoms with Crippen LogP contribution in [0.4, 0.5) is 27.8 Å². The Morgan fingerprint density at radius 3 is 2.47 bits per heavy atom. The molecule has 1 rings (SSSR count). The lowest BCUT2D eigenvalue weighted by Crippen LogP contribution is -2.21. The smallest absolute Gasteiger partial charge is 0.361 e. The van der Waals surface area contributed by atoms with E-state index in [0.29, 0.717) is 0 Å². The van der Waals surface area contributed by atoms with Gasteiger partial charge in [0.1, 0.15) is 24.4 Å². The molecule has 0 aliphatic rings. The highest BCUT2D eigenvalue weighted by molar-refractivity contribution is 5.35. The lowest BCUT2D eigenvalue weighted by Gasteiger charge is -2.08. The van der Waals surface area contributed by atoms with Crippen molar-refractivity contribution in [3.05, 3.63) is 18.1 Å². The Balaban J connectivity index is 2.66. The maximum absolute atomic E-state index is 12.1. The zero-order valence-electron chi connectivity index (χ0n) is 7.22. The van der Waals surface area contributed by atoms with E-state index in [1.165, 1.54) is 0 Å². The molecule has 0 atom stereocenters. The van der Waals surface area contributed by atoms with Crippen molar-refractivity contribution in [1.29, 1.82) is 0 Å². The van der Waals surface area contributed by atoms with Crippen LogP contribution in [0.2, 0.25) is 0 Å². The number of rotatable bonds is 3. The lowest BCUT2D eigenvalue weighted by molar-refractivity contribution is -0.115. The molecule has 0 fully saturated rings. The maximum Gasteiger partial charge on any atom is 0.405 e. The second kappa shape index (κ2) is 4.37. The van der Waals surface area contributed by atoms with Gasteiger partial charge in [0.05, 0.1) is 0 Å². The predicted molar refractivity (Wildman–Crippen MR) is 41.5 cm³/mol. The van der Waals surface area contributed by atoms with Crippen LogP contribution >= 0.6 is 0 Å². The summed E-state index contributed by atoms with van der Waals surface area (Å²) in [6.07, 6.45) is -6.48. The molecular formula is C7H6F5N3. The van der Waals surface area contributed by atoms with Gasteiger partial charge >= 0.3 is 6.18 Å². The van der Waals surface area contributed by atoms with E-state index in [4.69, 9.17) is 0 Å². The Morgan fingerprint density at radius 2 is 1.93 bits per heavy atom. The summed E-state index contributed by atoms with van der Waals surface area (Å²) >= 11 is 0. The third-order valence-electron chi connectivity index (χ3n) is 1.38. The van der Waals surface area contributed by atoms with Crippen molar-refractivity contribution >= 4 is 5.82 Å². The summed E-state index contributed by atoms with van der Waals surface area (Å²) in [7, 11) is 0. The van der Waals surface area contributed by atoms with Gasteiger partial charge in [0, 0.05) is 6.07 Å². The largest absolute Gasteiger partial charge is 0.405 e.